The molecule has 1 fully saturated rings. The Bertz CT molecular complexity index is 963. The predicted molar refractivity (Wildman–Crippen MR) is 105 cm³/mol. The summed E-state index contributed by atoms with van der Waals surface area (Å²) < 4.78 is 4.69. The van der Waals surface area contributed by atoms with Gasteiger partial charge in [-0.25, -0.2) is 4.79 Å². The summed E-state index contributed by atoms with van der Waals surface area (Å²) in [7, 11) is 1.27. The predicted octanol–water partition coefficient (Wildman–Crippen LogP) is 2.28. The van der Waals surface area contributed by atoms with Crippen molar-refractivity contribution in [2.45, 2.75) is 19.1 Å². The van der Waals surface area contributed by atoms with Crippen LogP contribution in [0.5, 0.6) is 0 Å². The Kier molecular flexibility index (Phi) is 5.79. The van der Waals surface area contributed by atoms with E-state index >= 15 is 0 Å². The fraction of sp³-hybridized carbons (Fsp3) is 0.227. The average Bonchev–Trinajstić information content (AvgIpc) is 2.98. The maximum atomic E-state index is 12.8. The van der Waals surface area contributed by atoms with Crippen molar-refractivity contribution in [3.05, 3.63) is 76.9 Å². The maximum absolute atomic E-state index is 12.8. The Balaban J connectivity index is 2.14. The maximum Gasteiger partial charge on any atom is 0.337 e. The first-order valence-corrected chi connectivity index (χ1v) is 9.05. The number of nitrogens with zero attached hydrogens (tertiary/aromatic N) is 1. The molecule has 1 aliphatic rings. The number of methoxy groups -OCH3 is 1. The van der Waals surface area contributed by atoms with Gasteiger partial charge in [0, 0.05) is 12.1 Å². The highest BCUT2D eigenvalue weighted by atomic mass is 16.5. The van der Waals surface area contributed by atoms with Crippen LogP contribution in [0, 0.1) is 0 Å². The summed E-state index contributed by atoms with van der Waals surface area (Å²) in [5.41, 5.74) is 1.17. The van der Waals surface area contributed by atoms with Crippen molar-refractivity contribution in [2.75, 3.05) is 13.7 Å². The lowest BCUT2D eigenvalue weighted by molar-refractivity contribution is -0.140. The lowest BCUT2D eigenvalue weighted by atomic mass is 9.94. The van der Waals surface area contributed by atoms with Crippen LogP contribution in [0.4, 0.5) is 0 Å². The molecule has 0 aliphatic carbocycles. The van der Waals surface area contributed by atoms with E-state index in [0.29, 0.717) is 16.7 Å². The van der Waals surface area contributed by atoms with Crippen LogP contribution in [0.2, 0.25) is 0 Å². The molecule has 2 aromatic carbocycles. The molecule has 0 radical (unpaired) electrons. The average molecular weight is 395 g/mol. The number of ether oxygens (including phenoxy) is 1. The van der Waals surface area contributed by atoms with Crippen LogP contribution in [-0.4, -0.2) is 52.5 Å². The quantitative estimate of drug-likeness (QED) is 0.348. The number of carbonyl (C=O) groups is 3. The van der Waals surface area contributed by atoms with Crippen LogP contribution in [0.3, 0.4) is 0 Å². The molecule has 1 saturated heterocycles. The Morgan fingerprint density at radius 1 is 1.07 bits per heavy atom. The molecule has 29 heavy (non-hydrogen) atoms. The van der Waals surface area contributed by atoms with Gasteiger partial charge in [0.1, 0.15) is 5.76 Å². The molecule has 2 N–H and O–H groups in total. The molecule has 2 atom stereocenters. The van der Waals surface area contributed by atoms with E-state index in [0.717, 1.165) is 0 Å². The number of aliphatic hydroxyl groups is 2. The van der Waals surface area contributed by atoms with Crippen LogP contribution in [0.25, 0.3) is 5.76 Å². The Labute approximate surface area is 167 Å². The normalized spacial score (nSPS) is 19.3. The zero-order chi connectivity index (χ0) is 21.1. The molecule has 150 valence electrons. The summed E-state index contributed by atoms with van der Waals surface area (Å²) >= 11 is 0. The number of aliphatic hydroxyl groups excluding tert-OH is 2. The van der Waals surface area contributed by atoms with Gasteiger partial charge in [0.2, 0.25) is 0 Å². The molecule has 7 heteroatoms. The minimum Gasteiger partial charge on any atom is -0.507 e. The van der Waals surface area contributed by atoms with E-state index in [-0.39, 0.29) is 17.9 Å². The fourth-order valence-electron chi connectivity index (χ4n) is 3.37. The Morgan fingerprint density at radius 2 is 1.69 bits per heavy atom. The van der Waals surface area contributed by atoms with Crippen LogP contribution in [0.1, 0.15) is 34.5 Å². The van der Waals surface area contributed by atoms with Crippen molar-refractivity contribution in [3.8, 4) is 0 Å². The first-order chi connectivity index (χ1) is 13.8. The smallest absolute Gasteiger partial charge is 0.337 e. The van der Waals surface area contributed by atoms with Gasteiger partial charge in [-0.3, -0.25) is 9.59 Å². The topological polar surface area (TPSA) is 104 Å². The first-order valence-electron chi connectivity index (χ1n) is 9.05. The monoisotopic (exact) mass is 395 g/mol. The summed E-state index contributed by atoms with van der Waals surface area (Å²) in [5.74, 6) is -2.43. The lowest BCUT2D eigenvalue weighted by Crippen LogP contribution is -2.35. The summed E-state index contributed by atoms with van der Waals surface area (Å²) in [6, 6.07) is 13.8. The number of Topliss-reactive ketones (excluding diaryl/α,β-unsaturated/α-hetero) is 1. The summed E-state index contributed by atoms with van der Waals surface area (Å²) in [5, 5.41) is 20.6. The minimum absolute atomic E-state index is 0.0623. The van der Waals surface area contributed by atoms with Crippen LogP contribution < -0.4 is 0 Å². The molecule has 3 rings (SSSR count). The zero-order valence-corrected chi connectivity index (χ0v) is 16.0. The van der Waals surface area contributed by atoms with Gasteiger partial charge in [-0.15, -0.1) is 0 Å². The van der Waals surface area contributed by atoms with Gasteiger partial charge in [-0.05, 0) is 24.6 Å². The second kappa shape index (κ2) is 8.28. The van der Waals surface area contributed by atoms with Crippen LogP contribution in [0.15, 0.2) is 60.2 Å². The van der Waals surface area contributed by atoms with Crippen LogP contribution in [-0.2, 0) is 14.3 Å². The molecular weight excluding hydrogens is 374 g/mol. The van der Waals surface area contributed by atoms with E-state index in [4.69, 9.17) is 0 Å². The van der Waals surface area contributed by atoms with E-state index in [1.165, 1.54) is 31.1 Å². The first kappa shape index (κ1) is 20.3. The second-order valence-electron chi connectivity index (χ2n) is 6.78. The standard InChI is InChI=1S/C22H21NO6/c1-13(24)12-23-18(14-8-10-16(11-9-14)22(28)29-2)17(20(26)21(23)27)19(25)15-6-4-3-5-7-15/h3-11,13,18,24-25H,12H2,1-2H3/t13-,18+/m1/s1. The molecule has 0 bridgehead atoms. The van der Waals surface area contributed by atoms with Crippen molar-refractivity contribution >= 4 is 23.4 Å². The Hall–Kier alpha value is -3.45. The molecule has 1 amide bonds. The van der Waals surface area contributed by atoms with Gasteiger partial charge in [-0.2, -0.15) is 0 Å². The third-order valence-corrected chi connectivity index (χ3v) is 4.70. The van der Waals surface area contributed by atoms with E-state index in [9.17, 15) is 24.6 Å². The fourth-order valence-corrected chi connectivity index (χ4v) is 3.37. The molecule has 0 unspecified atom stereocenters. The molecular formula is C22H21NO6. The molecule has 0 aromatic heterocycles. The largest absolute Gasteiger partial charge is 0.507 e. The molecule has 7 nitrogen and oxygen atoms in total. The number of ketones is 1. The number of rotatable bonds is 5. The van der Waals surface area contributed by atoms with Gasteiger partial charge in [0.25, 0.3) is 11.7 Å². The van der Waals surface area contributed by atoms with Gasteiger partial charge >= 0.3 is 5.97 Å². The number of likely N-dealkylation sites (tertiary alicyclic amines) is 1. The lowest BCUT2D eigenvalue weighted by Gasteiger charge is -2.26. The number of hydrogen-bond acceptors (Lipinski definition) is 6. The van der Waals surface area contributed by atoms with Crippen LogP contribution >= 0.6 is 0 Å². The highest BCUT2D eigenvalue weighted by molar-refractivity contribution is 6.46. The van der Waals surface area contributed by atoms with E-state index in [1.54, 1.807) is 42.5 Å². The number of esters is 1. The van der Waals surface area contributed by atoms with Crippen molar-refractivity contribution in [3.63, 3.8) is 0 Å². The third-order valence-electron chi connectivity index (χ3n) is 4.70. The van der Waals surface area contributed by atoms with Crippen molar-refractivity contribution in [2.24, 2.45) is 0 Å². The summed E-state index contributed by atoms with van der Waals surface area (Å²) in [6.07, 6.45) is -0.873. The van der Waals surface area contributed by atoms with E-state index in [1.807, 2.05) is 0 Å². The van der Waals surface area contributed by atoms with Gasteiger partial charge in [-0.1, -0.05) is 42.5 Å². The number of benzene rings is 2. The molecule has 0 spiro atoms. The molecule has 1 aliphatic heterocycles. The van der Waals surface area contributed by atoms with E-state index < -0.39 is 29.8 Å². The van der Waals surface area contributed by atoms with E-state index in [2.05, 4.69) is 4.74 Å². The number of amides is 1. The second-order valence-corrected chi connectivity index (χ2v) is 6.78. The third kappa shape index (κ3) is 3.90. The van der Waals surface area contributed by atoms with Crippen molar-refractivity contribution in [1.82, 2.24) is 4.90 Å². The minimum atomic E-state index is -0.892. The number of carbonyl (C=O) groups excluding carboxylic acids is 3. The van der Waals surface area contributed by atoms with Gasteiger partial charge < -0.3 is 19.8 Å². The number of β-amino-alcohol motifs (C(OH)–C–C–N with tert-alkyl or cyclic N) is 1. The summed E-state index contributed by atoms with van der Waals surface area (Å²) in [6.45, 7) is 1.42. The van der Waals surface area contributed by atoms with Crippen molar-refractivity contribution < 1.29 is 29.3 Å². The highest BCUT2D eigenvalue weighted by Crippen LogP contribution is 2.39. The molecule has 0 saturated carbocycles. The van der Waals surface area contributed by atoms with Gasteiger partial charge in [0.15, 0.2) is 0 Å². The molecule has 2 aromatic rings. The summed E-state index contributed by atoms with van der Waals surface area (Å²) in [4.78, 5) is 38.3. The zero-order valence-electron chi connectivity index (χ0n) is 16.0. The number of hydrogen-bond donors (Lipinski definition) is 2. The SMILES string of the molecule is COC(=O)c1ccc([C@H]2C(=C(O)c3ccccc3)C(=O)C(=O)N2C[C@@H](C)O)cc1. The van der Waals surface area contributed by atoms with Crippen molar-refractivity contribution in [1.29, 1.82) is 0 Å². The Morgan fingerprint density at radius 3 is 2.24 bits per heavy atom. The molecule has 1 heterocycles. The van der Waals surface area contributed by atoms with Gasteiger partial charge in [0.05, 0.1) is 30.4 Å². The highest BCUT2D eigenvalue weighted by Gasteiger charge is 2.46.